The first kappa shape index (κ1) is 18.0. The predicted octanol–water partition coefficient (Wildman–Crippen LogP) is 2.80. The van der Waals surface area contributed by atoms with Crippen molar-refractivity contribution in [3.8, 4) is 0 Å². The molecule has 0 radical (unpaired) electrons. The molecule has 0 aliphatic carbocycles. The van der Waals surface area contributed by atoms with Gasteiger partial charge in [-0.25, -0.2) is 13.2 Å². The van der Waals surface area contributed by atoms with Crippen molar-refractivity contribution >= 4 is 37.6 Å². The van der Waals surface area contributed by atoms with Crippen LogP contribution >= 0.6 is 15.9 Å². The number of anilines is 1. The summed E-state index contributed by atoms with van der Waals surface area (Å²) in [5.41, 5.74) is 0.948. The lowest BCUT2D eigenvalue weighted by atomic mass is 10.2. The smallest absolute Gasteiger partial charge is 0.338 e. The topological polar surface area (TPSA) is 63.7 Å². The van der Waals surface area contributed by atoms with Crippen molar-refractivity contribution in [2.45, 2.75) is 19.8 Å². The average molecular weight is 378 g/mol. The zero-order valence-electron chi connectivity index (χ0n) is 12.2. The summed E-state index contributed by atoms with van der Waals surface area (Å²) in [6, 6.07) is 6.38. The second-order valence-electron chi connectivity index (χ2n) is 4.56. The Morgan fingerprint density at radius 1 is 1.29 bits per heavy atom. The van der Waals surface area contributed by atoms with Crippen LogP contribution in [0.2, 0.25) is 0 Å². The Balaban J connectivity index is 2.83. The molecule has 0 aromatic heterocycles. The van der Waals surface area contributed by atoms with Crippen molar-refractivity contribution in [2.24, 2.45) is 0 Å². The second-order valence-corrected chi connectivity index (χ2v) is 7.26. The van der Waals surface area contributed by atoms with E-state index in [-0.39, 0.29) is 5.97 Å². The summed E-state index contributed by atoms with van der Waals surface area (Å²) in [6.07, 6.45) is 2.95. The van der Waals surface area contributed by atoms with Crippen LogP contribution in [0.4, 0.5) is 5.69 Å². The van der Waals surface area contributed by atoms with Crippen molar-refractivity contribution in [1.29, 1.82) is 0 Å². The van der Waals surface area contributed by atoms with E-state index in [4.69, 9.17) is 4.74 Å². The van der Waals surface area contributed by atoms with Crippen LogP contribution in [0.5, 0.6) is 0 Å². The average Bonchev–Trinajstić information content (AvgIpc) is 2.44. The molecule has 5 nitrogen and oxygen atoms in total. The molecule has 7 heteroatoms. The van der Waals surface area contributed by atoms with Crippen LogP contribution in [0.1, 0.15) is 30.1 Å². The third-order valence-electron chi connectivity index (χ3n) is 2.81. The van der Waals surface area contributed by atoms with Crippen LogP contribution in [0, 0.1) is 0 Å². The molecule has 0 spiro atoms. The SMILES string of the molecule is CCCCOC(=O)c1ccc(N(CCBr)S(C)(=O)=O)cc1. The predicted molar refractivity (Wildman–Crippen MR) is 87.6 cm³/mol. The highest BCUT2D eigenvalue weighted by Gasteiger charge is 2.17. The maximum atomic E-state index is 11.8. The van der Waals surface area contributed by atoms with E-state index in [1.54, 1.807) is 24.3 Å². The van der Waals surface area contributed by atoms with Gasteiger partial charge < -0.3 is 4.74 Å². The van der Waals surface area contributed by atoms with Gasteiger partial charge in [0.05, 0.1) is 24.1 Å². The molecule has 0 N–H and O–H groups in total. The van der Waals surface area contributed by atoms with Gasteiger partial charge >= 0.3 is 5.97 Å². The number of rotatable bonds is 8. The van der Waals surface area contributed by atoms with Gasteiger partial charge in [-0.2, -0.15) is 0 Å². The molecular formula is C14H20BrNO4S. The number of nitrogens with zero attached hydrogens (tertiary/aromatic N) is 1. The molecule has 1 rings (SSSR count). The number of alkyl halides is 1. The monoisotopic (exact) mass is 377 g/mol. The molecule has 0 saturated heterocycles. The van der Waals surface area contributed by atoms with Gasteiger partial charge in [0.25, 0.3) is 0 Å². The zero-order valence-corrected chi connectivity index (χ0v) is 14.6. The van der Waals surface area contributed by atoms with Gasteiger partial charge in [0.15, 0.2) is 0 Å². The molecule has 0 bridgehead atoms. The van der Waals surface area contributed by atoms with E-state index in [1.807, 2.05) is 6.92 Å². The lowest BCUT2D eigenvalue weighted by Crippen LogP contribution is -2.31. The summed E-state index contributed by atoms with van der Waals surface area (Å²) in [5, 5.41) is 0.529. The van der Waals surface area contributed by atoms with Gasteiger partial charge in [-0.3, -0.25) is 4.31 Å². The summed E-state index contributed by atoms with van der Waals surface area (Å²) < 4.78 is 29.8. The quantitative estimate of drug-likeness (QED) is 0.397. The maximum absolute atomic E-state index is 11.8. The van der Waals surface area contributed by atoms with Crippen LogP contribution in [0.3, 0.4) is 0 Å². The number of sulfonamides is 1. The molecule has 118 valence electrons. The lowest BCUT2D eigenvalue weighted by Gasteiger charge is -2.21. The van der Waals surface area contributed by atoms with Crippen molar-refractivity contribution in [1.82, 2.24) is 0 Å². The van der Waals surface area contributed by atoms with Gasteiger partial charge in [-0.15, -0.1) is 0 Å². The second kappa shape index (κ2) is 8.38. The fraction of sp³-hybridized carbons (Fsp3) is 0.500. The Morgan fingerprint density at radius 3 is 2.38 bits per heavy atom. The van der Waals surface area contributed by atoms with E-state index in [2.05, 4.69) is 15.9 Å². The third-order valence-corrected chi connectivity index (χ3v) is 4.36. The number of carbonyl (C=O) groups excluding carboxylic acids is 1. The molecule has 0 atom stereocenters. The standard InChI is InChI=1S/C14H20BrNO4S/c1-3-4-11-20-14(17)12-5-7-13(8-6-12)16(10-9-15)21(2,18)19/h5-8H,3-4,9-11H2,1-2H3. The number of halogens is 1. The first-order valence-corrected chi connectivity index (χ1v) is 9.68. The molecule has 0 fully saturated rings. The van der Waals surface area contributed by atoms with Crippen LogP contribution in [0.15, 0.2) is 24.3 Å². The minimum absolute atomic E-state index is 0.332. The molecule has 0 heterocycles. The Labute approximate surface area is 134 Å². The Morgan fingerprint density at radius 2 is 1.90 bits per heavy atom. The van der Waals surface area contributed by atoms with E-state index >= 15 is 0 Å². The first-order valence-electron chi connectivity index (χ1n) is 6.71. The van der Waals surface area contributed by atoms with E-state index in [9.17, 15) is 13.2 Å². The summed E-state index contributed by atoms with van der Waals surface area (Å²) in [5.74, 6) is -0.388. The number of unbranched alkanes of at least 4 members (excludes halogenated alkanes) is 1. The number of ether oxygens (including phenoxy) is 1. The summed E-state index contributed by atoms with van der Waals surface area (Å²) in [4.78, 5) is 11.8. The maximum Gasteiger partial charge on any atom is 0.338 e. The number of carbonyl (C=O) groups is 1. The summed E-state index contributed by atoms with van der Waals surface area (Å²) >= 11 is 3.23. The molecule has 0 unspecified atom stereocenters. The lowest BCUT2D eigenvalue weighted by molar-refractivity contribution is 0.0500. The van der Waals surface area contributed by atoms with Crippen LogP contribution in [-0.2, 0) is 14.8 Å². The summed E-state index contributed by atoms with van der Waals surface area (Å²) in [6.45, 7) is 2.75. The molecule has 1 aromatic carbocycles. The van der Waals surface area contributed by atoms with Gasteiger partial charge in [0.2, 0.25) is 10.0 Å². The Bertz CT molecular complexity index is 557. The van der Waals surface area contributed by atoms with Crippen molar-refractivity contribution in [3.63, 3.8) is 0 Å². The summed E-state index contributed by atoms with van der Waals surface area (Å²) in [7, 11) is -3.34. The van der Waals surface area contributed by atoms with Crippen molar-refractivity contribution in [3.05, 3.63) is 29.8 Å². The van der Waals surface area contributed by atoms with Crippen LogP contribution in [-0.4, -0.2) is 39.1 Å². The normalized spacial score (nSPS) is 11.2. The van der Waals surface area contributed by atoms with E-state index in [0.29, 0.717) is 29.7 Å². The fourth-order valence-corrected chi connectivity index (χ4v) is 3.24. The molecule has 21 heavy (non-hydrogen) atoms. The van der Waals surface area contributed by atoms with Crippen LogP contribution in [0.25, 0.3) is 0 Å². The molecule has 0 amide bonds. The highest BCUT2D eigenvalue weighted by Crippen LogP contribution is 2.19. The van der Waals surface area contributed by atoms with Crippen LogP contribution < -0.4 is 4.31 Å². The molecular weight excluding hydrogens is 358 g/mol. The molecule has 0 aliphatic rings. The largest absolute Gasteiger partial charge is 0.462 e. The number of hydrogen-bond acceptors (Lipinski definition) is 4. The third kappa shape index (κ3) is 5.67. The Kier molecular flexibility index (Phi) is 7.17. The fourth-order valence-electron chi connectivity index (χ4n) is 1.72. The van der Waals surface area contributed by atoms with Crippen molar-refractivity contribution in [2.75, 3.05) is 29.0 Å². The zero-order chi connectivity index (χ0) is 15.9. The Hall–Kier alpha value is -1.08. The number of hydrogen-bond donors (Lipinski definition) is 0. The van der Waals surface area contributed by atoms with Gasteiger partial charge in [-0.05, 0) is 30.7 Å². The number of benzene rings is 1. The molecule has 1 aromatic rings. The minimum Gasteiger partial charge on any atom is -0.462 e. The van der Waals surface area contributed by atoms with Gasteiger partial charge in [0, 0.05) is 11.9 Å². The van der Waals surface area contributed by atoms with Crippen molar-refractivity contribution < 1.29 is 17.9 Å². The van der Waals surface area contributed by atoms with E-state index < -0.39 is 10.0 Å². The number of esters is 1. The molecule has 0 aliphatic heterocycles. The molecule has 0 saturated carbocycles. The minimum atomic E-state index is -3.34. The first-order chi connectivity index (χ1) is 9.90. The van der Waals surface area contributed by atoms with Gasteiger partial charge in [-0.1, -0.05) is 29.3 Å². The van der Waals surface area contributed by atoms with E-state index in [1.165, 1.54) is 4.31 Å². The van der Waals surface area contributed by atoms with Gasteiger partial charge in [0.1, 0.15) is 0 Å². The highest BCUT2D eigenvalue weighted by molar-refractivity contribution is 9.09. The highest BCUT2D eigenvalue weighted by atomic mass is 79.9. The van der Waals surface area contributed by atoms with E-state index in [0.717, 1.165) is 19.1 Å².